The monoisotopic (exact) mass is 305 g/mol. The second-order valence-corrected chi connectivity index (χ2v) is 5.27. The van der Waals surface area contributed by atoms with Crippen LogP contribution in [-0.4, -0.2) is 42.5 Å². The highest BCUT2D eigenvalue weighted by Crippen LogP contribution is 2.25. The predicted molar refractivity (Wildman–Crippen MR) is 88.0 cm³/mol. The lowest BCUT2D eigenvalue weighted by atomic mass is 10.2. The maximum atomic E-state index is 12.2. The van der Waals surface area contributed by atoms with E-state index in [0.29, 0.717) is 17.5 Å². The zero-order chi connectivity index (χ0) is 15.4. The zero-order valence-corrected chi connectivity index (χ0v) is 13.4. The van der Waals surface area contributed by atoms with Crippen molar-refractivity contribution in [2.24, 2.45) is 0 Å². The second kappa shape index (κ2) is 6.76. The van der Waals surface area contributed by atoms with E-state index in [9.17, 15) is 4.79 Å². The van der Waals surface area contributed by atoms with Crippen LogP contribution in [0.4, 0.5) is 5.82 Å². The van der Waals surface area contributed by atoms with Gasteiger partial charge in [0.2, 0.25) is 5.91 Å². The lowest BCUT2D eigenvalue weighted by Crippen LogP contribution is -2.39. The first-order valence-electron chi connectivity index (χ1n) is 7.11. The van der Waals surface area contributed by atoms with Crippen LogP contribution in [0, 0.1) is 0 Å². The predicted octanol–water partition coefficient (Wildman–Crippen LogP) is 3.19. The first-order chi connectivity index (χ1) is 10.1. The van der Waals surface area contributed by atoms with Crippen molar-refractivity contribution in [1.29, 1.82) is 0 Å². The van der Waals surface area contributed by atoms with Crippen LogP contribution in [0.15, 0.2) is 30.3 Å². The molecule has 0 bridgehead atoms. The average Bonchev–Trinajstić information content (AvgIpc) is 2.48. The van der Waals surface area contributed by atoms with E-state index in [0.717, 1.165) is 23.9 Å². The highest BCUT2D eigenvalue weighted by molar-refractivity contribution is 6.34. The molecule has 21 heavy (non-hydrogen) atoms. The number of amides is 1. The van der Waals surface area contributed by atoms with E-state index in [1.807, 2.05) is 56.1 Å². The van der Waals surface area contributed by atoms with Crippen LogP contribution >= 0.6 is 11.6 Å². The molecule has 0 atom stereocenters. The van der Waals surface area contributed by atoms with Crippen molar-refractivity contribution >= 4 is 34.1 Å². The number of carbonyl (C=O) groups is 1. The van der Waals surface area contributed by atoms with Gasteiger partial charge in [-0.05, 0) is 25.3 Å². The van der Waals surface area contributed by atoms with Crippen LogP contribution in [0.2, 0.25) is 5.15 Å². The normalized spacial score (nSPS) is 10.7. The summed E-state index contributed by atoms with van der Waals surface area (Å²) in [6.45, 7) is 5.69. The van der Waals surface area contributed by atoms with Gasteiger partial charge in [0, 0.05) is 25.5 Å². The van der Waals surface area contributed by atoms with Crippen molar-refractivity contribution in [2.45, 2.75) is 13.8 Å². The van der Waals surface area contributed by atoms with E-state index in [4.69, 9.17) is 11.6 Å². The summed E-state index contributed by atoms with van der Waals surface area (Å²) in [6.07, 6.45) is 0. The fraction of sp³-hybridized carbons (Fsp3) is 0.375. The van der Waals surface area contributed by atoms with Crippen LogP contribution in [-0.2, 0) is 4.79 Å². The summed E-state index contributed by atoms with van der Waals surface area (Å²) >= 11 is 6.23. The Morgan fingerprint density at radius 1 is 1.24 bits per heavy atom. The van der Waals surface area contributed by atoms with Crippen molar-refractivity contribution in [3.05, 3.63) is 35.5 Å². The van der Waals surface area contributed by atoms with Gasteiger partial charge >= 0.3 is 0 Å². The Kier molecular flexibility index (Phi) is 5.02. The van der Waals surface area contributed by atoms with Crippen LogP contribution in [0.3, 0.4) is 0 Å². The molecule has 0 radical (unpaired) electrons. The van der Waals surface area contributed by atoms with Gasteiger partial charge in [-0.15, -0.1) is 0 Å². The van der Waals surface area contributed by atoms with Gasteiger partial charge in [0.15, 0.2) is 0 Å². The zero-order valence-electron chi connectivity index (χ0n) is 12.6. The average molecular weight is 306 g/mol. The standard InChI is InChI=1S/C16H20ClN3O/c1-4-20(5-2)15(21)11-19(3)14-10-12-8-6-7-9-13(12)16(17)18-14/h6-10H,4-5,11H2,1-3H3. The van der Waals surface area contributed by atoms with Gasteiger partial charge in [0.1, 0.15) is 11.0 Å². The van der Waals surface area contributed by atoms with Gasteiger partial charge in [-0.25, -0.2) is 4.98 Å². The van der Waals surface area contributed by atoms with Crippen LogP contribution in [0.5, 0.6) is 0 Å². The van der Waals surface area contributed by atoms with E-state index < -0.39 is 0 Å². The van der Waals surface area contributed by atoms with E-state index in [2.05, 4.69) is 4.98 Å². The number of hydrogen-bond acceptors (Lipinski definition) is 3. The maximum absolute atomic E-state index is 12.2. The number of halogens is 1. The number of fused-ring (bicyclic) bond motifs is 1. The molecule has 0 N–H and O–H groups in total. The van der Waals surface area contributed by atoms with Gasteiger partial charge in [-0.2, -0.15) is 0 Å². The molecular formula is C16H20ClN3O. The molecule has 0 fully saturated rings. The summed E-state index contributed by atoms with van der Waals surface area (Å²) in [7, 11) is 1.86. The summed E-state index contributed by atoms with van der Waals surface area (Å²) in [6, 6.07) is 9.78. The number of carbonyl (C=O) groups excluding carboxylic acids is 1. The first-order valence-corrected chi connectivity index (χ1v) is 7.48. The number of hydrogen-bond donors (Lipinski definition) is 0. The van der Waals surface area contributed by atoms with Gasteiger partial charge in [-0.1, -0.05) is 35.9 Å². The minimum atomic E-state index is 0.0913. The molecule has 0 spiro atoms. The molecule has 0 aliphatic heterocycles. The Morgan fingerprint density at radius 2 is 1.90 bits per heavy atom. The molecule has 2 aromatic rings. The summed E-state index contributed by atoms with van der Waals surface area (Å²) in [4.78, 5) is 20.2. The molecule has 2 rings (SSSR count). The molecule has 0 aliphatic rings. The van der Waals surface area contributed by atoms with Gasteiger partial charge in [0.25, 0.3) is 0 Å². The van der Waals surface area contributed by atoms with Crippen LogP contribution < -0.4 is 4.90 Å². The highest BCUT2D eigenvalue weighted by Gasteiger charge is 2.14. The summed E-state index contributed by atoms with van der Waals surface area (Å²) in [5.74, 6) is 0.799. The Morgan fingerprint density at radius 3 is 2.57 bits per heavy atom. The molecule has 1 aromatic carbocycles. The molecule has 4 nitrogen and oxygen atoms in total. The molecule has 1 amide bonds. The highest BCUT2D eigenvalue weighted by atomic mass is 35.5. The third-order valence-electron chi connectivity index (χ3n) is 3.56. The molecule has 0 unspecified atom stereocenters. The molecule has 1 heterocycles. The van der Waals surface area contributed by atoms with Crippen molar-refractivity contribution in [2.75, 3.05) is 31.6 Å². The lowest BCUT2D eigenvalue weighted by Gasteiger charge is -2.24. The fourth-order valence-corrected chi connectivity index (χ4v) is 2.56. The van der Waals surface area contributed by atoms with Gasteiger partial charge in [-0.3, -0.25) is 4.79 Å². The molecule has 0 saturated carbocycles. The van der Waals surface area contributed by atoms with E-state index in [1.54, 1.807) is 4.90 Å². The van der Waals surface area contributed by atoms with E-state index >= 15 is 0 Å². The summed E-state index contributed by atoms with van der Waals surface area (Å²) in [5.41, 5.74) is 0. The van der Waals surface area contributed by atoms with Crippen LogP contribution in [0.1, 0.15) is 13.8 Å². The summed E-state index contributed by atoms with van der Waals surface area (Å²) in [5, 5.41) is 2.41. The minimum Gasteiger partial charge on any atom is -0.350 e. The first kappa shape index (κ1) is 15.6. The lowest BCUT2D eigenvalue weighted by molar-refractivity contribution is -0.129. The molecule has 5 heteroatoms. The number of anilines is 1. The topological polar surface area (TPSA) is 36.4 Å². The molecule has 112 valence electrons. The van der Waals surface area contributed by atoms with E-state index in [1.165, 1.54) is 0 Å². The Hall–Kier alpha value is -1.81. The number of nitrogens with zero attached hydrogens (tertiary/aromatic N) is 3. The second-order valence-electron chi connectivity index (χ2n) is 4.91. The Bertz CT molecular complexity index is 640. The molecule has 1 aromatic heterocycles. The third kappa shape index (κ3) is 3.45. The Labute approximate surface area is 130 Å². The SMILES string of the molecule is CCN(CC)C(=O)CN(C)c1cc2ccccc2c(Cl)n1. The molecule has 0 saturated heterocycles. The summed E-state index contributed by atoms with van der Waals surface area (Å²) < 4.78 is 0. The molecular weight excluding hydrogens is 286 g/mol. The number of likely N-dealkylation sites (N-methyl/N-ethyl adjacent to an activating group) is 2. The number of aromatic nitrogens is 1. The third-order valence-corrected chi connectivity index (χ3v) is 3.85. The number of pyridine rings is 1. The molecule has 0 aliphatic carbocycles. The quantitative estimate of drug-likeness (QED) is 0.796. The largest absolute Gasteiger partial charge is 0.350 e. The smallest absolute Gasteiger partial charge is 0.242 e. The minimum absolute atomic E-state index is 0.0913. The maximum Gasteiger partial charge on any atom is 0.242 e. The van der Waals surface area contributed by atoms with Crippen LogP contribution in [0.25, 0.3) is 10.8 Å². The fourth-order valence-electron chi connectivity index (χ4n) is 2.30. The number of rotatable bonds is 5. The van der Waals surface area contributed by atoms with Crippen molar-refractivity contribution < 1.29 is 4.79 Å². The van der Waals surface area contributed by atoms with Crippen molar-refractivity contribution in [3.63, 3.8) is 0 Å². The van der Waals surface area contributed by atoms with E-state index in [-0.39, 0.29) is 5.91 Å². The van der Waals surface area contributed by atoms with Crippen molar-refractivity contribution in [1.82, 2.24) is 9.88 Å². The Balaban J connectivity index is 2.23. The van der Waals surface area contributed by atoms with Gasteiger partial charge < -0.3 is 9.80 Å². The van der Waals surface area contributed by atoms with Gasteiger partial charge in [0.05, 0.1) is 6.54 Å². The number of benzene rings is 1. The van der Waals surface area contributed by atoms with Crippen molar-refractivity contribution in [3.8, 4) is 0 Å².